The Morgan fingerprint density at radius 3 is 2.54 bits per heavy atom. The van der Waals surface area contributed by atoms with Crippen LogP contribution in [0, 0.1) is 23.8 Å². The normalized spacial score (nSPS) is 12.2. The Labute approximate surface area is 79.3 Å². The highest BCUT2D eigenvalue weighted by molar-refractivity contribution is 5.31. The second-order valence-electron chi connectivity index (χ2n) is 2.79. The van der Waals surface area contributed by atoms with Crippen LogP contribution in [0.5, 0.6) is 0 Å². The van der Waals surface area contributed by atoms with E-state index in [1.165, 1.54) is 6.08 Å². The van der Waals surface area contributed by atoms with Crippen LogP contribution in [0.1, 0.15) is 13.8 Å². The standard InChI is InChI=1S/C11H12N2/c1-10(2)7-5-4-6-8-11(9-12)13-3/h4-8,10H,1-2H3/b6-4+,7-5+,11-8-. The molecule has 0 aromatic carbocycles. The van der Waals surface area contributed by atoms with E-state index in [4.69, 9.17) is 11.8 Å². The van der Waals surface area contributed by atoms with Crippen LogP contribution < -0.4 is 0 Å². The summed E-state index contributed by atoms with van der Waals surface area (Å²) in [6, 6.07) is 1.78. The second-order valence-corrected chi connectivity index (χ2v) is 2.79. The van der Waals surface area contributed by atoms with Gasteiger partial charge >= 0.3 is 0 Å². The van der Waals surface area contributed by atoms with Crippen LogP contribution in [0.2, 0.25) is 0 Å². The van der Waals surface area contributed by atoms with E-state index in [9.17, 15) is 0 Å². The van der Waals surface area contributed by atoms with Crippen LogP contribution in [-0.4, -0.2) is 0 Å². The monoisotopic (exact) mass is 172 g/mol. The molecule has 0 aromatic heterocycles. The number of hydrogen-bond acceptors (Lipinski definition) is 1. The van der Waals surface area contributed by atoms with E-state index in [0.29, 0.717) is 5.92 Å². The van der Waals surface area contributed by atoms with Gasteiger partial charge in [-0.05, 0) is 12.0 Å². The number of rotatable bonds is 3. The topological polar surface area (TPSA) is 28.1 Å². The summed E-state index contributed by atoms with van der Waals surface area (Å²) in [7, 11) is 0. The summed E-state index contributed by atoms with van der Waals surface area (Å²) in [5.74, 6) is 0.518. The van der Waals surface area contributed by atoms with Crippen molar-refractivity contribution in [2.45, 2.75) is 13.8 Å². The predicted molar refractivity (Wildman–Crippen MR) is 53.4 cm³/mol. The predicted octanol–water partition coefficient (Wildman–Crippen LogP) is 3.08. The van der Waals surface area contributed by atoms with Crippen LogP contribution in [0.25, 0.3) is 4.85 Å². The molecule has 0 aliphatic rings. The SMILES string of the molecule is [C-]#[N+]\C(C#N)=C/C=C/C=C/C(C)C. The van der Waals surface area contributed by atoms with E-state index in [1.54, 1.807) is 12.1 Å². The Bertz CT molecular complexity index is 290. The highest BCUT2D eigenvalue weighted by Gasteiger charge is 1.85. The molecule has 66 valence electrons. The van der Waals surface area contributed by atoms with Crippen LogP contribution in [0.3, 0.4) is 0 Å². The Balaban J connectivity index is 4.11. The molecule has 0 atom stereocenters. The molecule has 0 heterocycles. The zero-order valence-corrected chi connectivity index (χ0v) is 7.86. The van der Waals surface area contributed by atoms with E-state index in [1.807, 2.05) is 18.2 Å². The van der Waals surface area contributed by atoms with Crippen molar-refractivity contribution in [2.24, 2.45) is 5.92 Å². The van der Waals surface area contributed by atoms with Gasteiger partial charge in [0.2, 0.25) is 0 Å². The Kier molecular flexibility index (Phi) is 5.93. The molecule has 0 saturated carbocycles. The van der Waals surface area contributed by atoms with Crippen LogP contribution in [-0.2, 0) is 0 Å². The van der Waals surface area contributed by atoms with Crippen molar-refractivity contribution in [2.75, 3.05) is 0 Å². The van der Waals surface area contributed by atoms with E-state index in [2.05, 4.69) is 18.7 Å². The maximum atomic E-state index is 8.39. The van der Waals surface area contributed by atoms with E-state index in [-0.39, 0.29) is 5.70 Å². The largest absolute Gasteiger partial charge is 0.261 e. The van der Waals surface area contributed by atoms with E-state index >= 15 is 0 Å². The van der Waals surface area contributed by atoms with Gasteiger partial charge in [0.15, 0.2) is 0 Å². The summed E-state index contributed by atoms with van der Waals surface area (Å²) >= 11 is 0. The number of nitrogens with zero attached hydrogens (tertiary/aromatic N) is 2. The third kappa shape index (κ3) is 6.59. The molecule has 0 spiro atoms. The number of allylic oxidation sites excluding steroid dienone is 6. The van der Waals surface area contributed by atoms with Crippen molar-refractivity contribution >= 4 is 0 Å². The molecule has 0 fully saturated rings. The quantitative estimate of drug-likeness (QED) is 0.365. The molecule has 0 unspecified atom stereocenters. The lowest BCUT2D eigenvalue weighted by Gasteiger charge is -1.88. The van der Waals surface area contributed by atoms with E-state index < -0.39 is 0 Å². The molecule has 0 rings (SSSR count). The maximum Gasteiger partial charge on any atom is 0.261 e. The minimum absolute atomic E-state index is 0.106. The average Bonchev–Trinajstić information content (AvgIpc) is 2.11. The molecule has 0 radical (unpaired) electrons. The molecule has 13 heavy (non-hydrogen) atoms. The van der Waals surface area contributed by atoms with Gasteiger partial charge < -0.3 is 0 Å². The van der Waals surface area contributed by atoms with Gasteiger partial charge in [0.1, 0.15) is 0 Å². The average molecular weight is 172 g/mol. The summed E-state index contributed by atoms with van der Waals surface area (Å²) in [5.41, 5.74) is 0.106. The first-order valence-corrected chi connectivity index (χ1v) is 4.03. The highest BCUT2D eigenvalue weighted by atomic mass is 14.7. The lowest BCUT2D eigenvalue weighted by molar-refractivity contribution is 0.832. The molecule has 0 saturated heterocycles. The van der Waals surface area contributed by atoms with Crippen molar-refractivity contribution in [3.8, 4) is 6.07 Å². The van der Waals surface area contributed by atoms with Crippen molar-refractivity contribution in [1.29, 1.82) is 5.26 Å². The first-order chi connectivity index (χ1) is 6.20. The van der Waals surface area contributed by atoms with Gasteiger partial charge in [-0.25, -0.2) is 10.1 Å². The van der Waals surface area contributed by atoms with Crippen molar-refractivity contribution in [1.82, 2.24) is 0 Å². The van der Waals surface area contributed by atoms with Gasteiger partial charge in [-0.2, -0.15) is 0 Å². The van der Waals surface area contributed by atoms with Gasteiger partial charge in [-0.15, -0.1) is 0 Å². The fourth-order valence-corrected chi connectivity index (χ4v) is 0.597. The summed E-state index contributed by atoms with van der Waals surface area (Å²) < 4.78 is 0. The van der Waals surface area contributed by atoms with Crippen molar-refractivity contribution < 1.29 is 0 Å². The van der Waals surface area contributed by atoms with Gasteiger partial charge in [-0.1, -0.05) is 38.2 Å². The lowest BCUT2D eigenvalue weighted by atomic mass is 10.2. The molecular weight excluding hydrogens is 160 g/mol. The Morgan fingerprint density at radius 1 is 1.38 bits per heavy atom. The molecule has 2 nitrogen and oxygen atoms in total. The van der Waals surface area contributed by atoms with Crippen molar-refractivity contribution in [3.63, 3.8) is 0 Å². The van der Waals surface area contributed by atoms with Crippen LogP contribution >= 0.6 is 0 Å². The molecular formula is C11H12N2. The molecule has 0 aromatic rings. The minimum atomic E-state index is 0.106. The Morgan fingerprint density at radius 2 is 2.08 bits per heavy atom. The third-order valence-electron chi connectivity index (χ3n) is 1.21. The third-order valence-corrected chi connectivity index (χ3v) is 1.21. The summed E-state index contributed by atoms with van der Waals surface area (Å²) in [4.78, 5) is 3.01. The zero-order valence-electron chi connectivity index (χ0n) is 7.86. The van der Waals surface area contributed by atoms with Gasteiger partial charge in [0.25, 0.3) is 5.70 Å². The molecule has 0 N–H and O–H groups in total. The first kappa shape index (κ1) is 11.2. The first-order valence-electron chi connectivity index (χ1n) is 4.03. The number of hydrogen-bond donors (Lipinski definition) is 0. The fourth-order valence-electron chi connectivity index (χ4n) is 0.597. The van der Waals surface area contributed by atoms with Gasteiger partial charge in [-0.3, -0.25) is 0 Å². The minimum Gasteiger partial charge on any atom is -0.227 e. The van der Waals surface area contributed by atoms with Crippen molar-refractivity contribution in [3.05, 3.63) is 47.5 Å². The van der Waals surface area contributed by atoms with E-state index in [0.717, 1.165) is 0 Å². The molecule has 0 aliphatic carbocycles. The molecule has 0 bridgehead atoms. The summed E-state index contributed by atoms with van der Waals surface area (Å²) in [5, 5.41) is 8.39. The summed E-state index contributed by atoms with van der Waals surface area (Å²) in [6.45, 7) is 10.8. The second kappa shape index (κ2) is 6.88. The van der Waals surface area contributed by atoms with Crippen LogP contribution in [0.4, 0.5) is 0 Å². The van der Waals surface area contributed by atoms with Gasteiger partial charge in [0.05, 0.1) is 12.6 Å². The van der Waals surface area contributed by atoms with Gasteiger partial charge in [0, 0.05) is 0 Å². The number of nitriles is 1. The summed E-state index contributed by atoms with van der Waals surface area (Å²) in [6.07, 6.45) is 8.93. The Hall–Kier alpha value is -1.80. The highest BCUT2D eigenvalue weighted by Crippen LogP contribution is 1.96. The maximum absolute atomic E-state index is 8.39. The smallest absolute Gasteiger partial charge is 0.227 e. The molecule has 0 amide bonds. The van der Waals surface area contributed by atoms with Crippen LogP contribution in [0.15, 0.2) is 36.1 Å². The molecule has 2 heteroatoms. The lowest BCUT2D eigenvalue weighted by Crippen LogP contribution is -1.74. The fraction of sp³-hybridized carbons (Fsp3) is 0.273. The molecule has 0 aliphatic heterocycles. The zero-order chi connectivity index (χ0) is 10.1.